The Kier molecular flexibility index (Phi) is 4.13. The molecule has 0 aromatic carbocycles. The van der Waals surface area contributed by atoms with E-state index in [4.69, 9.17) is 0 Å². The van der Waals surface area contributed by atoms with Crippen molar-refractivity contribution in [1.82, 2.24) is 9.80 Å². The number of hydrogen-bond acceptors (Lipinski definition) is 4. The summed E-state index contributed by atoms with van der Waals surface area (Å²) in [6, 6.07) is 0.322. The number of aliphatic carboxylic acids is 2. The molecule has 0 saturated carbocycles. The van der Waals surface area contributed by atoms with E-state index in [0.29, 0.717) is 25.6 Å². The minimum atomic E-state index is -1.12. The average Bonchev–Trinajstić information content (AvgIpc) is 2.88. The third-order valence-corrected chi connectivity index (χ3v) is 4.99. The van der Waals surface area contributed by atoms with Crippen LogP contribution in [0.4, 0.5) is 0 Å². The van der Waals surface area contributed by atoms with Gasteiger partial charge in [0.2, 0.25) is 0 Å². The third-order valence-electron chi connectivity index (χ3n) is 4.99. The van der Waals surface area contributed by atoms with Gasteiger partial charge in [0.1, 0.15) is 5.54 Å². The Labute approximate surface area is 125 Å². The summed E-state index contributed by atoms with van der Waals surface area (Å²) in [5, 5.41) is 19.2. The maximum absolute atomic E-state index is 12.0. The van der Waals surface area contributed by atoms with Crippen molar-refractivity contribution in [3.63, 3.8) is 0 Å². The van der Waals surface area contributed by atoms with Gasteiger partial charge in [-0.2, -0.15) is 0 Å². The second kappa shape index (κ2) is 5.42. The van der Waals surface area contributed by atoms with Gasteiger partial charge in [0, 0.05) is 19.1 Å². The lowest BCUT2D eigenvalue weighted by Crippen LogP contribution is -2.58. The van der Waals surface area contributed by atoms with Crippen LogP contribution in [0.5, 0.6) is 0 Å². The SMILES string of the molecule is CN(C)C1CCN(C2(C(=O)O)CC=C[C@](C)(C(=O)O)C2)C1. The number of likely N-dealkylation sites (N-methyl/N-ethyl adjacent to an activating group) is 1. The third kappa shape index (κ3) is 2.70. The molecule has 0 aromatic rings. The summed E-state index contributed by atoms with van der Waals surface area (Å²) < 4.78 is 0. The maximum atomic E-state index is 12.0. The minimum absolute atomic E-state index is 0.112. The largest absolute Gasteiger partial charge is 0.481 e. The van der Waals surface area contributed by atoms with Gasteiger partial charge < -0.3 is 15.1 Å². The van der Waals surface area contributed by atoms with Crippen LogP contribution in [0.15, 0.2) is 12.2 Å². The zero-order valence-corrected chi connectivity index (χ0v) is 12.9. The molecule has 0 radical (unpaired) electrons. The van der Waals surface area contributed by atoms with Crippen LogP contribution < -0.4 is 0 Å². The second-order valence-corrected chi connectivity index (χ2v) is 6.69. The van der Waals surface area contributed by atoms with E-state index < -0.39 is 22.9 Å². The van der Waals surface area contributed by atoms with Crippen molar-refractivity contribution in [2.45, 2.75) is 37.8 Å². The van der Waals surface area contributed by atoms with Gasteiger partial charge in [-0.3, -0.25) is 14.5 Å². The van der Waals surface area contributed by atoms with E-state index >= 15 is 0 Å². The first kappa shape index (κ1) is 16.0. The number of hydrogen-bond donors (Lipinski definition) is 2. The first-order valence-electron chi connectivity index (χ1n) is 7.27. The Balaban J connectivity index is 2.29. The molecule has 1 saturated heterocycles. The van der Waals surface area contributed by atoms with Gasteiger partial charge >= 0.3 is 11.9 Å². The number of carboxylic acid groups (broad SMARTS) is 2. The van der Waals surface area contributed by atoms with Crippen LogP contribution >= 0.6 is 0 Å². The lowest BCUT2D eigenvalue weighted by atomic mass is 9.70. The summed E-state index contributed by atoms with van der Waals surface area (Å²) >= 11 is 0. The molecule has 1 aliphatic heterocycles. The average molecular weight is 296 g/mol. The molecule has 21 heavy (non-hydrogen) atoms. The zero-order valence-electron chi connectivity index (χ0n) is 12.9. The Morgan fingerprint density at radius 3 is 2.43 bits per heavy atom. The van der Waals surface area contributed by atoms with E-state index in [0.717, 1.165) is 6.42 Å². The summed E-state index contributed by atoms with van der Waals surface area (Å²) in [7, 11) is 3.98. The molecule has 1 aliphatic carbocycles. The second-order valence-electron chi connectivity index (χ2n) is 6.69. The number of likely N-dealkylation sites (tertiary alicyclic amines) is 1. The van der Waals surface area contributed by atoms with Crippen LogP contribution in [0, 0.1) is 5.41 Å². The quantitative estimate of drug-likeness (QED) is 0.750. The highest BCUT2D eigenvalue weighted by Crippen LogP contribution is 2.42. The Hall–Kier alpha value is -1.40. The molecule has 2 unspecified atom stereocenters. The van der Waals surface area contributed by atoms with E-state index in [2.05, 4.69) is 4.90 Å². The molecule has 6 nitrogen and oxygen atoms in total. The number of carboxylic acids is 2. The molecule has 3 atom stereocenters. The predicted molar refractivity (Wildman–Crippen MR) is 78.1 cm³/mol. The van der Waals surface area contributed by atoms with Crippen molar-refractivity contribution < 1.29 is 19.8 Å². The molecular formula is C15H24N2O4. The first-order valence-corrected chi connectivity index (χ1v) is 7.27. The monoisotopic (exact) mass is 296 g/mol. The molecular weight excluding hydrogens is 272 g/mol. The smallest absolute Gasteiger partial charge is 0.324 e. The van der Waals surface area contributed by atoms with Crippen LogP contribution in [-0.2, 0) is 9.59 Å². The number of carbonyl (C=O) groups is 2. The molecule has 118 valence electrons. The zero-order chi connectivity index (χ0) is 15.8. The normalized spacial score (nSPS) is 37.0. The molecule has 1 fully saturated rings. The fourth-order valence-electron chi connectivity index (χ4n) is 3.49. The van der Waals surface area contributed by atoms with Crippen LogP contribution in [0.3, 0.4) is 0 Å². The van der Waals surface area contributed by atoms with Gasteiger partial charge in [-0.05, 0) is 40.3 Å². The Morgan fingerprint density at radius 1 is 1.29 bits per heavy atom. The van der Waals surface area contributed by atoms with Crippen molar-refractivity contribution in [2.75, 3.05) is 27.2 Å². The number of rotatable bonds is 4. The van der Waals surface area contributed by atoms with Crippen molar-refractivity contribution in [3.8, 4) is 0 Å². The van der Waals surface area contributed by atoms with Gasteiger partial charge in [0.25, 0.3) is 0 Å². The maximum Gasteiger partial charge on any atom is 0.324 e. The molecule has 0 aromatic heterocycles. The van der Waals surface area contributed by atoms with E-state index in [9.17, 15) is 19.8 Å². The predicted octanol–water partition coefficient (Wildman–Crippen LogP) is 0.887. The number of nitrogens with zero attached hydrogens (tertiary/aromatic N) is 2. The van der Waals surface area contributed by atoms with Gasteiger partial charge in [-0.25, -0.2) is 0 Å². The van der Waals surface area contributed by atoms with E-state index in [-0.39, 0.29) is 6.42 Å². The van der Waals surface area contributed by atoms with Gasteiger partial charge in [-0.15, -0.1) is 0 Å². The fraction of sp³-hybridized carbons (Fsp3) is 0.733. The molecule has 2 aliphatic rings. The summed E-state index contributed by atoms with van der Waals surface area (Å²) in [5.74, 6) is -1.88. The van der Waals surface area contributed by atoms with Gasteiger partial charge in [-0.1, -0.05) is 12.2 Å². The highest BCUT2D eigenvalue weighted by Gasteiger charge is 2.53. The lowest BCUT2D eigenvalue weighted by molar-refractivity contribution is -0.158. The lowest BCUT2D eigenvalue weighted by Gasteiger charge is -2.44. The fourth-order valence-corrected chi connectivity index (χ4v) is 3.49. The summed E-state index contributed by atoms with van der Waals surface area (Å²) in [6.45, 7) is 2.96. The van der Waals surface area contributed by atoms with Crippen LogP contribution in [0.25, 0.3) is 0 Å². The topological polar surface area (TPSA) is 81.1 Å². The Bertz CT molecular complexity index is 476. The van der Waals surface area contributed by atoms with Crippen LogP contribution in [0.2, 0.25) is 0 Å². The molecule has 1 heterocycles. The van der Waals surface area contributed by atoms with Crippen LogP contribution in [-0.4, -0.2) is 70.7 Å². The van der Waals surface area contributed by atoms with Crippen LogP contribution in [0.1, 0.15) is 26.2 Å². The summed E-state index contributed by atoms with van der Waals surface area (Å²) in [4.78, 5) is 27.5. The van der Waals surface area contributed by atoms with E-state index in [1.165, 1.54) is 0 Å². The van der Waals surface area contributed by atoms with E-state index in [1.807, 2.05) is 19.0 Å². The molecule has 0 bridgehead atoms. The summed E-state index contributed by atoms with van der Waals surface area (Å²) in [6.07, 6.45) is 4.74. The molecule has 2 rings (SSSR count). The minimum Gasteiger partial charge on any atom is -0.481 e. The first-order chi connectivity index (χ1) is 9.71. The van der Waals surface area contributed by atoms with Crippen molar-refractivity contribution >= 4 is 11.9 Å². The molecule has 6 heteroatoms. The van der Waals surface area contributed by atoms with Crippen molar-refractivity contribution in [3.05, 3.63) is 12.2 Å². The standard InChI is InChI=1S/C15H24N2O4/c1-14(12(18)19)6-4-7-15(10-14,13(20)21)17-8-5-11(9-17)16(2)3/h4,6,11H,5,7-10H2,1-3H3,(H,18,19)(H,20,21)/t11?,14-,15?/m0/s1. The molecule has 0 spiro atoms. The highest BCUT2D eigenvalue weighted by atomic mass is 16.4. The van der Waals surface area contributed by atoms with Gasteiger partial charge in [0.15, 0.2) is 0 Å². The van der Waals surface area contributed by atoms with Crippen molar-refractivity contribution in [2.24, 2.45) is 5.41 Å². The highest BCUT2D eigenvalue weighted by molar-refractivity contribution is 5.84. The van der Waals surface area contributed by atoms with Crippen molar-refractivity contribution in [1.29, 1.82) is 0 Å². The van der Waals surface area contributed by atoms with E-state index in [1.54, 1.807) is 19.1 Å². The Morgan fingerprint density at radius 2 is 1.95 bits per heavy atom. The molecule has 2 N–H and O–H groups in total. The molecule has 0 amide bonds. The summed E-state index contributed by atoms with van der Waals surface area (Å²) in [5.41, 5.74) is -2.22. The van der Waals surface area contributed by atoms with Gasteiger partial charge in [0.05, 0.1) is 5.41 Å².